The smallest absolute Gasteiger partial charge is 0.129 e. The van der Waals surface area contributed by atoms with Crippen LogP contribution < -0.4 is 4.90 Å². The molecule has 0 saturated carbocycles. The number of anilines is 1. The highest BCUT2D eigenvalue weighted by Gasteiger charge is 2.11. The predicted octanol–water partition coefficient (Wildman–Crippen LogP) is 5.60. The molecule has 0 aliphatic rings. The summed E-state index contributed by atoms with van der Waals surface area (Å²) in [6.45, 7) is 5.45. The van der Waals surface area contributed by atoms with Crippen LogP contribution in [0.5, 0.6) is 5.75 Å². The second-order valence-corrected chi connectivity index (χ2v) is 7.12. The molecule has 26 heavy (non-hydrogen) atoms. The Morgan fingerprint density at radius 1 is 0.885 bits per heavy atom. The van der Waals surface area contributed by atoms with Crippen molar-refractivity contribution in [3.63, 3.8) is 0 Å². The van der Waals surface area contributed by atoms with Gasteiger partial charge in [-0.15, -0.1) is 0 Å². The molecule has 0 radical (unpaired) electrons. The van der Waals surface area contributed by atoms with Crippen molar-refractivity contribution in [1.82, 2.24) is 4.98 Å². The number of phenolic OH excluding ortho intramolecular Hbond substituents is 1. The van der Waals surface area contributed by atoms with Gasteiger partial charge in [-0.05, 0) is 59.9 Å². The average Bonchev–Trinajstić information content (AvgIpc) is 2.67. The molecular weight excluding hydrogens is 320 g/mol. The summed E-state index contributed by atoms with van der Waals surface area (Å²) in [5.74, 6) is 1.89. The van der Waals surface area contributed by atoms with Gasteiger partial charge in [-0.2, -0.15) is 0 Å². The molecule has 0 fully saturated rings. The summed E-state index contributed by atoms with van der Waals surface area (Å²) in [5, 5.41) is 9.57. The summed E-state index contributed by atoms with van der Waals surface area (Å²) in [7, 11) is 2.10. The molecule has 134 valence electrons. The summed E-state index contributed by atoms with van der Waals surface area (Å²) in [6.07, 6.45) is 1.13. The van der Waals surface area contributed by atoms with Crippen molar-refractivity contribution >= 4 is 5.82 Å². The molecule has 0 aliphatic carbocycles. The van der Waals surface area contributed by atoms with Crippen LogP contribution in [0.3, 0.4) is 0 Å². The van der Waals surface area contributed by atoms with E-state index in [1.54, 1.807) is 12.1 Å². The van der Waals surface area contributed by atoms with Crippen LogP contribution in [0.25, 0.3) is 22.4 Å². The SMILES string of the molecule is CC(C)CCN(C)c1cc(-c2ccccc2)cc(-c2ccc(O)cc2)n1. The van der Waals surface area contributed by atoms with Crippen molar-refractivity contribution < 1.29 is 5.11 Å². The molecule has 1 aromatic heterocycles. The van der Waals surface area contributed by atoms with Crippen LogP contribution in [0.1, 0.15) is 20.3 Å². The fourth-order valence-corrected chi connectivity index (χ4v) is 2.86. The Bertz CT molecular complexity index is 842. The molecule has 0 unspecified atom stereocenters. The molecular formula is C23H26N2O. The third-order valence-electron chi connectivity index (χ3n) is 4.51. The molecule has 2 aromatic carbocycles. The van der Waals surface area contributed by atoms with Crippen molar-refractivity contribution in [2.45, 2.75) is 20.3 Å². The minimum atomic E-state index is 0.266. The van der Waals surface area contributed by atoms with Gasteiger partial charge in [-0.1, -0.05) is 44.2 Å². The molecule has 1 heterocycles. The zero-order valence-corrected chi connectivity index (χ0v) is 15.7. The van der Waals surface area contributed by atoms with Gasteiger partial charge in [0.2, 0.25) is 0 Å². The van der Waals surface area contributed by atoms with Crippen LogP contribution in [-0.4, -0.2) is 23.7 Å². The van der Waals surface area contributed by atoms with Crippen LogP contribution in [0, 0.1) is 5.92 Å². The van der Waals surface area contributed by atoms with Crippen molar-refractivity contribution in [2.75, 3.05) is 18.5 Å². The van der Waals surface area contributed by atoms with Crippen molar-refractivity contribution in [3.05, 3.63) is 66.7 Å². The van der Waals surface area contributed by atoms with Gasteiger partial charge >= 0.3 is 0 Å². The molecule has 0 amide bonds. The molecule has 0 atom stereocenters. The lowest BCUT2D eigenvalue weighted by atomic mass is 10.0. The van der Waals surface area contributed by atoms with Gasteiger partial charge in [0.15, 0.2) is 0 Å². The van der Waals surface area contributed by atoms with Crippen LogP contribution in [0.2, 0.25) is 0 Å². The molecule has 0 bridgehead atoms. The highest BCUT2D eigenvalue weighted by atomic mass is 16.3. The lowest BCUT2D eigenvalue weighted by Crippen LogP contribution is -2.21. The van der Waals surface area contributed by atoms with Gasteiger partial charge in [0.05, 0.1) is 5.69 Å². The summed E-state index contributed by atoms with van der Waals surface area (Å²) in [6, 6.07) is 21.9. The summed E-state index contributed by atoms with van der Waals surface area (Å²) in [4.78, 5) is 7.10. The third kappa shape index (κ3) is 4.42. The molecule has 3 aromatic rings. The van der Waals surface area contributed by atoms with Crippen LogP contribution in [0.15, 0.2) is 66.7 Å². The Morgan fingerprint density at radius 3 is 2.23 bits per heavy atom. The third-order valence-corrected chi connectivity index (χ3v) is 4.51. The van der Waals surface area contributed by atoms with E-state index in [0.29, 0.717) is 5.92 Å². The number of rotatable bonds is 6. The van der Waals surface area contributed by atoms with Crippen molar-refractivity contribution in [3.8, 4) is 28.1 Å². The highest BCUT2D eigenvalue weighted by molar-refractivity contribution is 5.74. The van der Waals surface area contributed by atoms with E-state index in [2.05, 4.69) is 62.2 Å². The number of aromatic nitrogens is 1. The quantitative estimate of drug-likeness (QED) is 0.631. The summed E-state index contributed by atoms with van der Waals surface area (Å²) in [5.41, 5.74) is 4.24. The van der Waals surface area contributed by atoms with Gasteiger partial charge < -0.3 is 10.0 Å². The molecule has 3 heteroatoms. The Balaban J connectivity index is 2.03. The zero-order valence-electron chi connectivity index (χ0n) is 15.7. The van der Waals surface area contributed by atoms with Gasteiger partial charge in [0.25, 0.3) is 0 Å². The fraction of sp³-hybridized carbons (Fsp3) is 0.261. The van der Waals surface area contributed by atoms with Crippen molar-refractivity contribution in [2.24, 2.45) is 5.92 Å². The lowest BCUT2D eigenvalue weighted by molar-refractivity contribution is 0.475. The Labute approximate surface area is 156 Å². The Morgan fingerprint density at radius 2 is 1.58 bits per heavy atom. The minimum Gasteiger partial charge on any atom is -0.508 e. The van der Waals surface area contributed by atoms with E-state index in [-0.39, 0.29) is 5.75 Å². The average molecular weight is 346 g/mol. The topological polar surface area (TPSA) is 36.4 Å². The van der Waals surface area contributed by atoms with E-state index < -0.39 is 0 Å². The van der Waals surface area contributed by atoms with Gasteiger partial charge in [0.1, 0.15) is 11.6 Å². The van der Waals surface area contributed by atoms with E-state index in [1.807, 2.05) is 18.2 Å². The van der Waals surface area contributed by atoms with Gasteiger partial charge in [-0.3, -0.25) is 0 Å². The van der Waals surface area contributed by atoms with E-state index in [4.69, 9.17) is 4.98 Å². The second-order valence-electron chi connectivity index (χ2n) is 7.12. The normalized spacial score (nSPS) is 10.9. The molecule has 3 nitrogen and oxygen atoms in total. The number of aromatic hydroxyl groups is 1. The summed E-state index contributed by atoms with van der Waals surface area (Å²) < 4.78 is 0. The molecule has 0 saturated heterocycles. The first-order valence-corrected chi connectivity index (χ1v) is 9.11. The minimum absolute atomic E-state index is 0.266. The predicted molar refractivity (Wildman–Crippen MR) is 109 cm³/mol. The lowest BCUT2D eigenvalue weighted by Gasteiger charge is -2.21. The van der Waals surface area contributed by atoms with E-state index in [9.17, 15) is 5.11 Å². The van der Waals surface area contributed by atoms with E-state index >= 15 is 0 Å². The monoisotopic (exact) mass is 346 g/mol. The maximum Gasteiger partial charge on any atom is 0.129 e. The van der Waals surface area contributed by atoms with Crippen LogP contribution in [0.4, 0.5) is 5.82 Å². The van der Waals surface area contributed by atoms with E-state index in [0.717, 1.165) is 35.6 Å². The highest BCUT2D eigenvalue weighted by Crippen LogP contribution is 2.29. The standard InChI is InChI=1S/C23H26N2O/c1-17(2)13-14-25(3)23-16-20(18-7-5-4-6-8-18)15-22(24-23)19-9-11-21(26)12-10-19/h4-12,15-17,26H,13-14H2,1-3H3. The number of benzene rings is 2. The van der Waals surface area contributed by atoms with Gasteiger partial charge in [-0.25, -0.2) is 4.98 Å². The first-order chi connectivity index (χ1) is 12.5. The maximum atomic E-state index is 9.57. The number of pyridine rings is 1. The molecule has 0 aliphatic heterocycles. The Hall–Kier alpha value is -2.81. The summed E-state index contributed by atoms with van der Waals surface area (Å²) >= 11 is 0. The first-order valence-electron chi connectivity index (χ1n) is 9.11. The number of hydrogen-bond acceptors (Lipinski definition) is 3. The number of phenols is 1. The van der Waals surface area contributed by atoms with Crippen LogP contribution in [-0.2, 0) is 0 Å². The largest absolute Gasteiger partial charge is 0.508 e. The fourth-order valence-electron chi connectivity index (χ4n) is 2.86. The first kappa shape index (κ1) is 18.0. The number of hydrogen-bond donors (Lipinski definition) is 1. The number of nitrogens with zero attached hydrogens (tertiary/aromatic N) is 2. The molecule has 3 rings (SSSR count). The zero-order chi connectivity index (χ0) is 18.5. The maximum absolute atomic E-state index is 9.57. The molecule has 1 N–H and O–H groups in total. The van der Waals surface area contributed by atoms with E-state index in [1.165, 1.54) is 5.56 Å². The molecule has 0 spiro atoms. The van der Waals surface area contributed by atoms with Gasteiger partial charge in [0, 0.05) is 19.2 Å². The Kier molecular flexibility index (Phi) is 5.57. The van der Waals surface area contributed by atoms with Crippen molar-refractivity contribution in [1.29, 1.82) is 0 Å². The second kappa shape index (κ2) is 8.05. The van der Waals surface area contributed by atoms with Crippen LogP contribution >= 0.6 is 0 Å².